The first-order chi connectivity index (χ1) is 18.8. The minimum absolute atomic E-state index is 0.128. The molecule has 3 aromatic rings. The first-order valence-electron chi connectivity index (χ1n) is 12.4. The van der Waals surface area contributed by atoms with Gasteiger partial charge in [0.25, 0.3) is 0 Å². The van der Waals surface area contributed by atoms with E-state index < -0.39 is 47.9 Å². The molecule has 3 aromatic carbocycles. The van der Waals surface area contributed by atoms with E-state index in [1.165, 1.54) is 19.9 Å². The summed E-state index contributed by atoms with van der Waals surface area (Å²) in [6.45, 7) is 2.51. The van der Waals surface area contributed by atoms with Gasteiger partial charge in [0.15, 0.2) is 17.9 Å². The minimum atomic E-state index is -1.21. The van der Waals surface area contributed by atoms with Crippen LogP contribution in [0.4, 0.5) is 0 Å². The van der Waals surface area contributed by atoms with Crippen molar-refractivity contribution < 1.29 is 38.1 Å². The SMILES string of the molecule is CC(=O)C(=C[C@@H]1O[C@H](c2ccccc2)O[C@H](CC(=O)Oc2ccccc2)[C@H]1C(=O)Oc1ccccc1)C(C)=O. The van der Waals surface area contributed by atoms with Gasteiger partial charge in [-0.05, 0) is 44.2 Å². The molecule has 0 saturated carbocycles. The summed E-state index contributed by atoms with van der Waals surface area (Å²) in [4.78, 5) is 51.1. The molecular formula is C31H28O8. The second-order valence-corrected chi connectivity index (χ2v) is 8.96. The van der Waals surface area contributed by atoms with Gasteiger partial charge in [0.2, 0.25) is 0 Å². The van der Waals surface area contributed by atoms with Crippen molar-refractivity contribution in [2.45, 2.75) is 38.8 Å². The van der Waals surface area contributed by atoms with Gasteiger partial charge in [-0.1, -0.05) is 66.7 Å². The Kier molecular flexibility index (Phi) is 9.14. The highest BCUT2D eigenvalue weighted by molar-refractivity contribution is 6.18. The van der Waals surface area contributed by atoms with E-state index in [1.807, 2.05) is 6.07 Å². The van der Waals surface area contributed by atoms with Gasteiger partial charge in [-0.15, -0.1) is 0 Å². The highest BCUT2D eigenvalue weighted by Crippen LogP contribution is 2.37. The fraction of sp³-hybridized carbons (Fsp3) is 0.226. The zero-order valence-corrected chi connectivity index (χ0v) is 21.5. The molecule has 39 heavy (non-hydrogen) atoms. The predicted molar refractivity (Wildman–Crippen MR) is 141 cm³/mol. The number of hydrogen-bond donors (Lipinski definition) is 0. The fourth-order valence-corrected chi connectivity index (χ4v) is 4.23. The van der Waals surface area contributed by atoms with Gasteiger partial charge in [-0.2, -0.15) is 0 Å². The third-order valence-corrected chi connectivity index (χ3v) is 6.07. The van der Waals surface area contributed by atoms with Crippen molar-refractivity contribution in [2.24, 2.45) is 5.92 Å². The van der Waals surface area contributed by atoms with Crippen LogP contribution in [-0.2, 0) is 28.7 Å². The third-order valence-electron chi connectivity index (χ3n) is 6.07. The molecule has 1 saturated heterocycles. The quantitative estimate of drug-likeness (QED) is 0.128. The molecule has 8 nitrogen and oxygen atoms in total. The van der Waals surface area contributed by atoms with Crippen LogP contribution in [0.25, 0.3) is 0 Å². The Labute approximate surface area is 226 Å². The van der Waals surface area contributed by atoms with Gasteiger partial charge in [-0.3, -0.25) is 19.2 Å². The Morgan fingerprint density at radius 1 is 0.718 bits per heavy atom. The fourth-order valence-electron chi connectivity index (χ4n) is 4.23. The third kappa shape index (κ3) is 7.34. The van der Waals surface area contributed by atoms with E-state index in [9.17, 15) is 19.2 Å². The molecule has 1 heterocycles. The number of carbonyl (C=O) groups is 4. The number of esters is 2. The summed E-state index contributed by atoms with van der Waals surface area (Å²) in [5.41, 5.74) is 0.497. The minimum Gasteiger partial charge on any atom is -0.426 e. The largest absolute Gasteiger partial charge is 0.426 e. The molecule has 0 spiro atoms. The van der Waals surface area contributed by atoms with E-state index in [0.717, 1.165) is 0 Å². The van der Waals surface area contributed by atoms with E-state index in [4.69, 9.17) is 18.9 Å². The molecule has 0 bridgehead atoms. The number of benzene rings is 3. The smallest absolute Gasteiger partial charge is 0.320 e. The standard InChI is InChI=1S/C31H28O8/c1-20(32)25(21(2)33)18-26-29(30(35)37-24-16-10-5-11-17-24)27(19-28(34)36-23-14-8-4-9-15-23)39-31(38-26)22-12-6-3-7-13-22/h3-18,26-27,29,31H,19H2,1-2H3/t26-,27+,29-,31-/m0/s1. The number of rotatable bonds is 9. The maximum absolute atomic E-state index is 13.6. The number of allylic oxidation sites excluding steroid dienone is 1. The molecule has 1 fully saturated rings. The first kappa shape index (κ1) is 27.6. The summed E-state index contributed by atoms with van der Waals surface area (Å²) in [6, 6.07) is 25.8. The Balaban J connectivity index is 1.72. The number of para-hydroxylation sites is 2. The van der Waals surface area contributed by atoms with Crippen molar-refractivity contribution >= 4 is 23.5 Å². The Morgan fingerprint density at radius 2 is 1.23 bits per heavy atom. The maximum Gasteiger partial charge on any atom is 0.320 e. The van der Waals surface area contributed by atoms with Crippen LogP contribution in [0.2, 0.25) is 0 Å². The molecule has 0 aromatic heterocycles. The normalized spacial score (nSPS) is 20.4. The average molecular weight is 529 g/mol. The van der Waals surface area contributed by atoms with Crippen LogP contribution < -0.4 is 9.47 Å². The second kappa shape index (κ2) is 12.9. The Hall–Kier alpha value is -4.40. The summed E-state index contributed by atoms with van der Waals surface area (Å²) in [5, 5.41) is 0. The zero-order valence-electron chi connectivity index (χ0n) is 21.5. The first-order valence-corrected chi connectivity index (χ1v) is 12.4. The van der Waals surface area contributed by atoms with Crippen LogP contribution in [0.1, 0.15) is 32.1 Å². The number of carbonyl (C=O) groups excluding carboxylic acids is 4. The molecule has 0 unspecified atom stereocenters. The van der Waals surface area contributed by atoms with Crippen molar-refractivity contribution in [1.82, 2.24) is 0 Å². The van der Waals surface area contributed by atoms with Gasteiger partial charge in [0, 0.05) is 5.56 Å². The van der Waals surface area contributed by atoms with Crippen molar-refractivity contribution in [3.8, 4) is 11.5 Å². The zero-order chi connectivity index (χ0) is 27.8. The van der Waals surface area contributed by atoms with Crippen LogP contribution in [0.3, 0.4) is 0 Å². The summed E-state index contributed by atoms with van der Waals surface area (Å²) < 4.78 is 23.4. The van der Waals surface area contributed by atoms with Crippen LogP contribution in [0.5, 0.6) is 11.5 Å². The number of ketones is 2. The molecule has 200 valence electrons. The average Bonchev–Trinajstić information content (AvgIpc) is 2.92. The molecule has 4 rings (SSSR count). The van der Waals surface area contributed by atoms with Crippen molar-refractivity contribution in [3.63, 3.8) is 0 Å². The number of Topliss-reactive ketones (excluding diaryl/α,β-unsaturated/α-hetero) is 2. The molecule has 0 aliphatic carbocycles. The maximum atomic E-state index is 13.6. The molecule has 8 heteroatoms. The number of ether oxygens (including phenoxy) is 4. The van der Waals surface area contributed by atoms with Crippen LogP contribution in [-0.4, -0.2) is 35.7 Å². The molecule has 0 radical (unpaired) electrons. The van der Waals surface area contributed by atoms with Gasteiger partial charge < -0.3 is 18.9 Å². The predicted octanol–water partition coefficient (Wildman–Crippen LogP) is 4.79. The van der Waals surface area contributed by atoms with E-state index >= 15 is 0 Å². The lowest BCUT2D eigenvalue weighted by Gasteiger charge is -2.39. The highest BCUT2D eigenvalue weighted by atomic mass is 16.7. The lowest BCUT2D eigenvalue weighted by atomic mass is 9.89. The van der Waals surface area contributed by atoms with Crippen molar-refractivity contribution in [2.75, 3.05) is 0 Å². The topological polar surface area (TPSA) is 105 Å². The van der Waals surface area contributed by atoms with E-state index in [1.54, 1.807) is 84.9 Å². The van der Waals surface area contributed by atoms with Gasteiger partial charge >= 0.3 is 11.9 Å². The molecule has 0 amide bonds. The number of hydrogen-bond acceptors (Lipinski definition) is 8. The van der Waals surface area contributed by atoms with Crippen LogP contribution in [0.15, 0.2) is 103 Å². The molecule has 1 aliphatic heterocycles. The van der Waals surface area contributed by atoms with Crippen molar-refractivity contribution in [3.05, 3.63) is 108 Å². The molecule has 1 aliphatic rings. The van der Waals surface area contributed by atoms with Crippen LogP contribution in [0, 0.1) is 5.92 Å². The van der Waals surface area contributed by atoms with E-state index in [0.29, 0.717) is 11.3 Å². The highest BCUT2D eigenvalue weighted by Gasteiger charge is 2.46. The second-order valence-electron chi connectivity index (χ2n) is 8.96. The van der Waals surface area contributed by atoms with E-state index in [2.05, 4.69) is 0 Å². The lowest BCUT2D eigenvalue weighted by Crippen LogP contribution is -2.49. The van der Waals surface area contributed by atoms with E-state index in [-0.39, 0.29) is 17.7 Å². The summed E-state index contributed by atoms with van der Waals surface area (Å²) in [7, 11) is 0. The molecule has 0 N–H and O–H groups in total. The van der Waals surface area contributed by atoms with Gasteiger partial charge in [0.1, 0.15) is 17.4 Å². The monoisotopic (exact) mass is 528 g/mol. The summed E-state index contributed by atoms with van der Waals surface area (Å²) >= 11 is 0. The van der Waals surface area contributed by atoms with Crippen molar-refractivity contribution in [1.29, 1.82) is 0 Å². The molecule has 4 atom stereocenters. The Bertz CT molecular complexity index is 1320. The van der Waals surface area contributed by atoms with Gasteiger partial charge in [-0.25, -0.2) is 0 Å². The molecular weight excluding hydrogens is 500 g/mol. The van der Waals surface area contributed by atoms with Gasteiger partial charge in [0.05, 0.1) is 24.2 Å². The Morgan fingerprint density at radius 3 is 1.77 bits per heavy atom. The lowest BCUT2D eigenvalue weighted by molar-refractivity contribution is -0.262. The van der Waals surface area contributed by atoms with Crippen LogP contribution >= 0.6 is 0 Å². The summed E-state index contributed by atoms with van der Waals surface area (Å²) in [5.74, 6) is -2.95. The summed E-state index contributed by atoms with van der Waals surface area (Å²) in [6.07, 6.45) is -2.20.